The summed E-state index contributed by atoms with van der Waals surface area (Å²) in [5.41, 5.74) is 1.14. The molecule has 0 aliphatic heterocycles. The second-order valence-corrected chi connectivity index (χ2v) is 6.01. The molecular formula is C19H22ClF2N3O2. The van der Waals surface area contributed by atoms with E-state index in [0.717, 1.165) is 0 Å². The molecule has 5 nitrogen and oxygen atoms in total. The van der Waals surface area contributed by atoms with Crippen molar-refractivity contribution in [3.63, 3.8) is 0 Å². The minimum Gasteiger partial charge on any atom is -0.434 e. The van der Waals surface area contributed by atoms with Gasteiger partial charge in [0.25, 0.3) is 0 Å². The monoisotopic (exact) mass is 397 g/mol. The van der Waals surface area contributed by atoms with Crippen LogP contribution in [0.15, 0.2) is 53.5 Å². The average Bonchev–Trinajstić information content (AvgIpc) is 2.64. The van der Waals surface area contributed by atoms with E-state index in [2.05, 4.69) is 20.4 Å². The van der Waals surface area contributed by atoms with Crippen LogP contribution in [0.25, 0.3) is 0 Å². The Labute approximate surface area is 162 Å². The number of alkyl halides is 2. The van der Waals surface area contributed by atoms with Gasteiger partial charge in [-0.15, -0.1) is 0 Å². The van der Waals surface area contributed by atoms with E-state index in [9.17, 15) is 13.9 Å². The summed E-state index contributed by atoms with van der Waals surface area (Å²) < 4.78 is 29.5. The lowest BCUT2D eigenvalue weighted by Gasteiger charge is -2.16. The first-order chi connectivity index (χ1) is 13.0. The Bertz CT molecular complexity index is 759. The molecular weight excluding hydrogens is 376 g/mol. The Morgan fingerprint density at radius 2 is 1.85 bits per heavy atom. The number of benzene rings is 2. The molecule has 0 aliphatic carbocycles. The lowest BCUT2D eigenvalue weighted by Crippen LogP contribution is -2.39. The quantitative estimate of drug-likeness (QED) is 0.469. The maximum Gasteiger partial charge on any atom is 0.387 e. The summed E-state index contributed by atoms with van der Waals surface area (Å²) in [5.74, 6) is 0.527. The number of ether oxygens (including phenoxy) is 1. The molecule has 3 N–H and O–H groups in total. The molecule has 146 valence electrons. The molecule has 0 heterocycles. The molecule has 0 saturated carbocycles. The summed E-state index contributed by atoms with van der Waals surface area (Å²) in [6.45, 7) is -0.0727. The first-order valence-electron chi connectivity index (χ1n) is 8.48. The fourth-order valence-corrected chi connectivity index (χ4v) is 2.66. The minimum absolute atomic E-state index is 0.0863. The molecule has 0 spiro atoms. The Balaban J connectivity index is 2.03. The molecule has 0 bridgehead atoms. The Morgan fingerprint density at radius 1 is 1.15 bits per heavy atom. The van der Waals surface area contributed by atoms with Crippen LogP contribution in [-0.4, -0.2) is 30.8 Å². The molecule has 1 unspecified atom stereocenters. The van der Waals surface area contributed by atoms with E-state index < -0.39 is 12.7 Å². The second kappa shape index (κ2) is 10.7. The normalized spacial score (nSPS) is 12.7. The molecule has 0 amide bonds. The zero-order valence-electron chi connectivity index (χ0n) is 14.8. The number of para-hydroxylation sites is 1. The van der Waals surface area contributed by atoms with Crippen molar-refractivity contribution in [1.29, 1.82) is 0 Å². The Morgan fingerprint density at radius 3 is 2.56 bits per heavy atom. The standard InChI is InChI=1S/C19H22ClF2N3O2/c1-2-23-19(25-12-16(26)14-8-4-5-9-15(14)20)24-11-13-7-3-6-10-17(13)27-18(21)22/h3-10,16,18,26H,2,11-12H2,1H3,(H2,23,24,25). The van der Waals surface area contributed by atoms with Crippen molar-refractivity contribution >= 4 is 17.6 Å². The van der Waals surface area contributed by atoms with Crippen molar-refractivity contribution in [1.82, 2.24) is 10.6 Å². The predicted octanol–water partition coefficient (Wildman–Crippen LogP) is 3.73. The number of rotatable bonds is 8. The molecule has 1 atom stereocenters. The highest BCUT2D eigenvalue weighted by Crippen LogP contribution is 2.22. The van der Waals surface area contributed by atoms with Crippen molar-refractivity contribution in [2.24, 2.45) is 4.99 Å². The summed E-state index contributed by atoms with van der Waals surface area (Å²) in [4.78, 5) is 4.37. The summed E-state index contributed by atoms with van der Waals surface area (Å²) >= 11 is 6.09. The summed E-state index contributed by atoms with van der Waals surface area (Å²) in [7, 11) is 0. The van der Waals surface area contributed by atoms with E-state index in [0.29, 0.717) is 28.7 Å². The third-order valence-electron chi connectivity index (χ3n) is 3.67. The van der Waals surface area contributed by atoms with Gasteiger partial charge in [-0.1, -0.05) is 48.0 Å². The van der Waals surface area contributed by atoms with Gasteiger partial charge in [-0.05, 0) is 19.1 Å². The van der Waals surface area contributed by atoms with Crippen LogP contribution < -0.4 is 15.4 Å². The van der Waals surface area contributed by atoms with Crippen LogP contribution in [0, 0.1) is 0 Å². The summed E-state index contributed by atoms with van der Waals surface area (Å²) in [5, 5.41) is 16.9. The van der Waals surface area contributed by atoms with Gasteiger partial charge in [0.05, 0.1) is 12.6 Å². The minimum atomic E-state index is -2.90. The molecule has 0 aliphatic rings. The molecule has 0 radical (unpaired) electrons. The Hall–Kier alpha value is -2.38. The first kappa shape index (κ1) is 20.9. The molecule has 2 aromatic carbocycles. The fraction of sp³-hybridized carbons (Fsp3) is 0.316. The van der Waals surface area contributed by atoms with Crippen LogP contribution in [0.3, 0.4) is 0 Å². The van der Waals surface area contributed by atoms with E-state index >= 15 is 0 Å². The van der Waals surface area contributed by atoms with Crippen molar-refractivity contribution in [2.75, 3.05) is 13.1 Å². The third kappa shape index (κ3) is 6.69. The van der Waals surface area contributed by atoms with Gasteiger partial charge in [0, 0.05) is 29.2 Å². The highest BCUT2D eigenvalue weighted by molar-refractivity contribution is 6.31. The number of aliphatic hydroxyl groups excluding tert-OH is 1. The lowest BCUT2D eigenvalue weighted by atomic mass is 10.1. The topological polar surface area (TPSA) is 65.9 Å². The summed E-state index contributed by atoms with van der Waals surface area (Å²) in [6, 6.07) is 13.5. The van der Waals surface area contributed by atoms with Crippen LogP contribution in [-0.2, 0) is 6.54 Å². The molecule has 8 heteroatoms. The zero-order valence-corrected chi connectivity index (χ0v) is 15.6. The number of aliphatic hydroxyl groups is 1. The Kier molecular flexibility index (Phi) is 8.29. The molecule has 2 aromatic rings. The molecule has 0 saturated heterocycles. The molecule has 27 heavy (non-hydrogen) atoms. The first-order valence-corrected chi connectivity index (χ1v) is 8.86. The maximum atomic E-state index is 12.5. The number of aliphatic imine (C=N–C) groups is 1. The van der Waals surface area contributed by atoms with Gasteiger partial charge in [0.2, 0.25) is 0 Å². The van der Waals surface area contributed by atoms with E-state index in [1.165, 1.54) is 6.07 Å². The van der Waals surface area contributed by atoms with Crippen molar-refractivity contribution < 1.29 is 18.6 Å². The van der Waals surface area contributed by atoms with Gasteiger partial charge in [0.1, 0.15) is 5.75 Å². The van der Waals surface area contributed by atoms with Crippen molar-refractivity contribution in [2.45, 2.75) is 26.2 Å². The van der Waals surface area contributed by atoms with Gasteiger partial charge in [0.15, 0.2) is 5.96 Å². The number of nitrogens with zero attached hydrogens (tertiary/aromatic N) is 1. The number of guanidine groups is 1. The lowest BCUT2D eigenvalue weighted by molar-refractivity contribution is -0.0504. The number of halogens is 3. The van der Waals surface area contributed by atoms with E-state index in [4.69, 9.17) is 11.6 Å². The van der Waals surface area contributed by atoms with Crippen molar-refractivity contribution in [3.05, 3.63) is 64.7 Å². The average molecular weight is 398 g/mol. The third-order valence-corrected chi connectivity index (χ3v) is 4.01. The number of hydrogen-bond acceptors (Lipinski definition) is 3. The SMILES string of the molecule is CCNC(=NCc1ccccc1OC(F)F)NCC(O)c1ccccc1Cl. The largest absolute Gasteiger partial charge is 0.434 e. The fourth-order valence-electron chi connectivity index (χ4n) is 2.40. The van der Waals surface area contributed by atoms with Crippen LogP contribution in [0.1, 0.15) is 24.2 Å². The van der Waals surface area contributed by atoms with Gasteiger partial charge in [-0.25, -0.2) is 4.99 Å². The van der Waals surface area contributed by atoms with Crippen LogP contribution in [0.5, 0.6) is 5.75 Å². The molecule has 2 rings (SSSR count). The maximum absolute atomic E-state index is 12.5. The van der Waals surface area contributed by atoms with Crippen molar-refractivity contribution in [3.8, 4) is 5.75 Å². The highest BCUT2D eigenvalue weighted by Gasteiger charge is 2.12. The number of nitrogens with one attached hydrogen (secondary N) is 2. The smallest absolute Gasteiger partial charge is 0.387 e. The molecule has 0 aromatic heterocycles. The summed E-state index contributed by atoms with van der Waals surface area (Å²) in [6.07, 6.45) is -0.822. The highest BCUT2D eigenvalue weighted by atomic mass is 35.5. The van der Waals surface area contributed by atoms with Gasteiger partial charge >= 0.3 is 6.61 Å². The van der Waals surface area contributed by atoms with Crippen LogP contribution in [0.2, 0.25) is 5.02 Å². The van der Waals surface area contributed by atoms with E-state index in [1.54, 1.807) is 42.5 Å². The van der Waals surface area contributed by atoms with Crippen LogP contribution in [0.4, 0.5) is 8.78 Å². The van der Waals surface area contributed by atoms with Gasteiger partial charge < -0.3 is 20.5 Å². The van der Waals surface area contributed by atoms with Gasteiger partial charge in [-0.2, -0.15) is 8.78 Å². The van der Waals surface area contributed by atoms with Gasteiger partial charge in [-0.3, -0.25) is 0 Å². The van der Waals surface area contributed by atoms with Crippen LogP contribution >= 0.6 is 11.6 Å². The predicted molar refractivity (Wildman–Crippen MR) is 102 cm³/mol. The molecule has 0 fully saturated rings. The second-order valence-electron chi connectivity index (χ2n) is 5.60. The van der Waals surface area contributed by atoms with E-state index in [-0.39, 0.29) is 18.8 Å². The zero-order chi connectivity index (χ0) is 19.6. The number of hydrogen-bond donors (Lipinski definition) is 3. The van der Waals surface area contributed by atoms with E-state index in [1.807, 2.05) is 6.92 Å².